The largest absolute Gasteiger partial charge is 0.281 e. The second kappa shape index (κ2) is 0.985. The van der Waals surface area contributed by atoms with Crippen LogP contribution in [-0.2, 0) is 4.79 Å². The molecular formula is C9H6ClFO. The lowest BCUT2D eigenvalue weighted by Gasteiger charge is -3.07. The van der Waals surface area contributed by atoms with Gasteiger partial charge in [-0.3, -0.25) is 4.79 Å². The van der Waals surface area contributed by atoms with Gasteiger partial charge in [-0.05, 0) is 29.4 Å². The molecule has 0 bridgehead atoms. The summed E-state index contributed by atoms with van der Waals surface area (Å²) in [6.07, 6.45) is 0. The van der Waals surface area contributed by atoms with E-state index in [4.69, 9.17) is 11.6 Å². The summed E-state index contributed by atoms with van der Waals surface area (Å²) in [5, 5.41) is -0.159. The summed E-state index contributed by atoms with van der Waals surface area (Å²) >= 11 is 5.57. The number of hydrogen-bond acceptors (Lipinski definition) is 1. The van der Waals surface area contributed by atoms with Crippen LogP contribution in [0.5, 0.6) is 0 Å². The van der Waals surface area contributed by atoms with Crippen LogP contribution in [0, 0.1) is 40.9 Å². The number of alkyl halides is 1. The topological polar surface area (TPSA) is 17.1 Å². The lowest BCUT2D eigenvalue weighted by Crippen LogP contribution is -3.12. The first-order valence-corrected chi connectivity index (χ1v) is 4.94. The third-order valence-corrected chi connectivity index (χ3v) is 6.18. The molecule has 6 rings (SSSR count). The van der Waals surface area contributed by atoms with Crippen molar-refractivity contribution in [3.63, 3.8) is 0 Å². The first-order valence-electron chi connectivity index (χ1n) is 4.56. The highest BCUT2D eigenvalue weighted by atomic mass is 35.5. The lowest BCUT2D eigenvalue weighted by molar-refractivity contribution is -0.629. The Kier molecular flexibility index (Phi) is 0.458. The van der Waals surface area contributed by atoms with Crippen molar-refractivity contribution in [2.75, 3.05) is 0 Å². The summed E-state index contributed by atoms with van der Waals surface area (Å²) in [5.74, 6) is 1.94. The molecule has 6 saturated carbocycles. The Labute approximate surface area is 73.3 Å². The maximum absolute atomic E-state index is 13.7. The third kappa shape index (κ3) is 0.180. The molecule has 0 aromatic heterocycles. The Hall–Kier alpha value is -0.110. The van der Waals surface area contributed by atoms with Gasteiger partial charge in [0.2, 0.25) is 5.24 Å². The second-order valence-electron chi connectivity index (χ2n) is 5.19. The number of carbonyl (C=O) groups excluding carboxylic acids is 1. The lowest BCUT2D eigenvalue weighted by atomic mass is 8.95. The third-order valence-electron chi connectivity index (χ3n) is 5.85. The van der Waals surface area contributed by atoms with E-state index in [9.17, 15) is 9.18 Å². The van der Waals surface area contributed by atoms with E-state index < -0.39 is 5.67 Å². The molecule has 6 aliphatic carbocycles. The van der Waals surface area contributed by atoms with Gasteiger partial charge in [0.15, 0.2) is 0 Å². The van der Waals surface area contributed by atoms with E-state index in [1.807, 2.05) is 0 Å². The summed E-state index contributed by atoms with van der Waals surface area (Å²) in [6, 6.07) is 0. The van der Waals surface area contributed by atoms with Gasteiger partial charge in [-0.2, -0.15) is 0 Å². The highest BCUT2D eigenvalue weighted by molar-refractivity contribution is 6.65. The van der Waals surface area contributed by atoms with E-state index >= 15 is 0 Å². The average Bonchev–Trinajstić information content (AvgIpc) is 2.04. The minimum atomic E-state index is -0.784. The predicted molar refractivity (Wildman–Crippen MR) is 38.1 cm³/mol. The molecule has 6 aliphatic rings. The van der Waals surface area contributed by atoms with E-state index in [2.05, 4.69) is 0 Å². The zero-order valence-electron chi connectivity index (χ0n) is 6.13. The Morgan fingerprint density at radius 3 is 1.83 bits per heavy atom. The molecule has 12 heavy (non-hydrogen) atoms. The van der Waals surface area contributed by atoms with Crippen molar-refractivity contribution in [2.24, 2.45) is 40.9 Å². The molecule has 0 aromatic rings. The summed E-state index contributed by atoms with van der Waals surface area (Å²) in [4.78, 5) is 11.2. The zero-order valence-corrected chi connectivity index (χ0v) is 6.88. The highest BCUT2D eigenvalue weighted by Gasteiger charge is 3.12. The van der Waals surface area contributed by atoms with Gasteiger partial charge in [-0.15, -0.1) is 0 Å². The molecule has 0 radical (unpaired) electrons. The van der Waals surface area contributed by atoms with Crippen molar-refractivity contribution in [1.82, 2.24) is 0 Å². The molecule has 0 spiro atoms. The molecule has 0 unspecified atom stereocenters. The average molecular weight is 185 g/mol. The Bertz CT molecular complexity index is 323. The van der Waals surface area contributed by atoms with Gasteiger partial charge < -0.3 is 0 Å². The first-order chi connectivity index (χ1) is 5.68. The van der Waals surface area contributed by atoms with Crippen LogP contribution >= 0.6 is 11.6 Å². The SMILES string of the molecule is O=C(Cl)C12C3C4C1C1C2C3C41F. The van der Waals surface area contributed by atoms with Crippen molar-refractivity contribution in [3.05, 3.63) is 0 Å². The van der Waals surface area contributed by atoms with Crippen molar-refractivity contribution in [2.45, 2.75) is 5.67 Å². The number of carbonyl (C=O) groups is 1. The van der Waals surface area contributed by atoms with Crippen LogP contribution in [0.3, 0.4) is 0 Å². The normalized spacial score (nSPS) is 88.2. The molecule has 0 heterocycles. The minimum absolute atomic E-state index is 0.159. The van der Waals surface area contributed by atoms with Gasteiger partial charge in [0.05, 0.1) is 5.41 Å². The quantitative estimate of drug-likeness (QED) is 0.560. The van der Waals surface area contributed by atoms with E-state index in [0.717, 1.165) is 0 Å². The number of halogens is 2. The molecule has 0 atom stereocenters. The maximum atomic E-state index is 13.7. The fraction of sp³-hybridized carbons (Fsp3) is 0.889. The maximum Gasteiger partial charge on any atom is 0.228 e. The van der Waals surface area contributed by atoms with Crippen LogP contribution in [0.2, 0.25) is 0 Å². The Balaban J connectivity index is 1.75. The summed E-state index contributed by atoms with van der Waals surface area (Å²) < 4.78 is 13.7. The van der Waals surface area contributed by atoms with E-state index in [0.29, 0.717) is 17.8 Å². The number of hydrogen-bond donors (Lipinski definition) is 0. The van der Waals surface area contributed by atoms with Gasteiger partial charge in [-0.25, -0.2) is 4.39 Å². The van der Waals surface area contributed by atoms with E-state index in [1.165, 1.54) is 0 Å². The smallest absolute Gasteiger partial charge is 0.228 e. The van der Waals surface area contributed by atoms with Crippen LogP contribution in [0.4, 0.5) is 4.39 Å². The number of rotatable bonds is 1. The molecular weight excluding hydrogens is 179 g/mol. The van der Waals surface area contributed by atoms with Gasteiger partial charge in [-0.1, -0.05) is 0 Å². The molecule has 0 N–H and O–H groups in total. The molecule has 0 saturated heterocycles. The predicted octanol–water partition coefficient (Wildman–Crippen LogP) is 1.21. The molecule has 0 aliphatic heterocycles. The summed E-state index contributed by atoms with van der Waals surface area (Å²) in [6.45, 7) is 0. The van der Waals surface area contributed by atoms with Gasteiger partial charge >= 0.3 is 0 Å². The standard InChI is InChI=1S/C9H6ClFO/c10-7(12)8-1-4-2(8)6-3(8)5(1)9(4,6)11/h1-6H. The summed E-state index contributed by atoms with van der Waals surface area (Å²) in [5.41, 5.74) is -0.955. The van der Waals surface area contributed by atoms with Crippen molar-refractivity contribution >= 4 is 16.8 Å². The van der Waals surface area contributed by atoms with E-state index in [1.54, 1.807) is 0 Å². The summed E-state index contributed by atoms with van der Waals surface area (Å²) in [7, 11) is 0. The molecule has 3 heteroatoms. The molecule has 62 valence electrons. The van der Waals surface area contributed by atoms with Crippen LogP contribution in [0.25, 0.3) is 0 Å². The van der Waals surface area contributed by atoms with Crippen LogP contribution < -0.4 is 0 Å². The molecule has 6 fully saturated rings. The van der Waals surface area contributed by atoms with Crippen molar-refractivity contribution in [3.8, 4) is 0 Å². The fourth-order valence-electron chi connectivity index (χ4n) is 5.79. The second-order valence-corrected chi connectivity index (χ2v) is 5.53. The fourth-order valence-corrected chi connectivity index (χ4v) is 6.17. The highest BCUT2D eigenvalue weighted by Crippen LogP contribution is 3.08. The monoisotopic (exact) mass is 184 g/mol. The zero-order chi connectivity index (χ0) is 8.04. The molecule has 0 aromatic carbocycles. The first kappa shape index (κ1) is 5.58. The van der Waals surface area contributed by atoms with Crippen LogP contribution in [0.1, 0.15) is 0 Å². The Morgan fingerprint density at radius 2 is 1.50 bits per heavy atom. The van der Waals surface area contributed by atoms with Crippen molar-refractivity contribution in [1.29, 1.82) is 0 Å². The minimum Gasteiger partial charge on any atom is -0.281 e. The van der Waals surface area contributed by atoms with Crippen LogP contribution in [-0.4, -0.2) is 10.9 Å². The van der Waals surface area contributed by atoms with Crippen molar-refractivity contribution < 1.29 is 9.18 Å². The van der Waals surface area contributed by atoms with Gasteiger partial charge in [0.1, 0.15) is 5.67 Å². The van der Waals surface area contributed by atoms with E-state index in [-0.39, 0.29) is 28.4 Å². The van der Waals surface area contributed by atoms with Gasteiger partial charge in [0.25, 0.3) is 0 Å². The van der Waals surface area contributed by atoms with Crippen LogP contribution in [0.15, 0.2) is 0 Å². The molecule has 1 nitrogen and oxygen atoms in total. The Morgan fingerprint density at radius 1 is 1.08 bits per heavy atom. The van der Waals surface area contributed by atoms with Gasteiger partial charge in [0, 0.05) is 17.8 Å². The molecule has 0 amide bonds.